The zero-order valence-corrected chi connectivity index (χ0v) is 13.6. The van der Waals surface area contributed by atoms with Crippen LogP contribution < -0.4 is 10.6 Å². The Hall–Kier alpha value is -0.950. The van der Waals surface area contributed by atoms with Crippen LogP contribution in [0.2, 0.25) is 0 Å². The second kappa shape index (κ2) is 6.87. The smallest absolute Gasteiger partial charge is 0.253 e. The Morgan fingerprint density at radius 1 is 1.19 bits per heavy atom. The first-order valence-electron chi connectivity index (χ1n) is 7.54. The van der Waals surface area contributed by atoms with E-state index < -0.39 is 10.0 Å². The Balaban J connectivity index is 2.13. The molecule has 0 aromatic heterocycles. The second-order valence-corrected chi connectivity index (χ2v) is 7.47. The molecule has 1 aromatic carbocycles. The number of nitrogens with two attached hydrogens (primary N) is 1. The van der Waals surface area contributed by atoms with Gasteiger partial charge in [0, 0.05) is 12.1 Å². The molecule has 0 saturated carbocycles. The predicted octanol–water partition coefficient (Wildman–Crippen LogP) is 1.64. The fourth-order valence-electron chi connectivity index (χ4n) is 2.79. The number of nitrogens with one attached hydrogen (secondary N) is 1. The van der Waals surface area contributed by atoms with Crippen LogP contribution in [0.5, 0.6) is 0 Å². The summed E-state index contributed by atoms with van der Waals surface area (Å²) in [5, 5.41) is 1.87. The van der Waals surface area contributed by atoms with E-state index in [1.54, 1.807) is 12.1 Å². The SMILES string of the molecule is CC1CCCC(C)N1NS(=O)(=O)c1ccc(CCN)cc1. The lowest BCUT2D eigenvalue weighted by atomic mass is 10.0. The van der Waals surface area contributed by atoms with Gasteiger partial charge in [-0.15, -0.1) is 4.83 Å². The van der Waals surface area contributed by atoms with Crippen LogP contribution in [0, 0.1) is 0 Å². The third-order valence-corrected chi connectivity index (χ3v) is 5.43. The molecule has 118 valence electrons. The highest BCUT2D eigenvalue weighted by Gasteiger charge is 2.29. The van der Waals surface area contributed by atoms with Crippen LogP contribution in [0.15, 0.2) is 29.2 Å². The van der Waals surface area contributed by atoms with Crippen LogP contribution in [-0.4, -0.2) is 32.1 Å². The largest absolute Gasteiger partial charge is 0.330 e. The summed E-state index contributed by atoms with van der Waals surface area (Å²) in [5.41, 5.74) is 6.55. The highest BCUT2D eigenvalue weighted by atomic mass is 32.2. The summed E-state index contributed by atoms with van der Waals surface area (Å²) < 4.78 is 25.0. The Morgan fingerprint density at radius 2 is 1.76 bits per heavy atom. The Bertz CT molecular complexity index is 547. The van der Waals surface area contributed by atoms with Gasteiger partial charge in [-0.05, 0) is 57.4 Å². The van der Waals surface area contributed by atoms with Gasteiger partial charge >= 0.3 is 0 Å². The quantitative estimate of drug-likeness (QED) is 0.867. The molecule has 21 heavy (non-hydrogen) atoms. The lowest BCUT2D eigenvalue weighted by Crippen LogP contribution is -2.53. The molecule has 1 aliphatic rings. The standard InChI is InChI=1S/C15H25N3O2S/c1-12-4-3-5-13(2)18(12)17-21(19,20)15-8-6-14(7-9-15)10-11-16/h6-9,12-13,17H,3-5,10-11,16H2,1-2H3. The van der Waals surface area contributed by atoms with Crippen LogP contribution >= 0.6 is 0 Å². The lowest BCUT2D eigenvalue weighted by molar-refractivity contribution is 0.0790. The summed E-state index contributed by atoms with van der Waals surface area (Å²) in [6.45, 7) is 4.68. The summed E-state index contributed by atoms with van der Waals surface area (Å²) in [4.78, 5) is 3.04. The summed E-state index contributed by atoms with van der Waals surface area (Å²) in [7, 11) is -3.51. The molecule has 2 atom stereocenters. The van der Waals surface area contributed by atoms with E-state index in [4.69, 9.17) is 5.73 Å². The van der Waals surface area contributed by atoms with Gasteiger partial charge in [0.15, 0.2) is 0 Å². The van der Waals surface area contributed by atoms with Crippen molar-refractivity contribution in [1.82, 2.24) is 9.84 Å². The van der Waals surface area contributed by atoms with Gasteiger partial charge in [0.05, 0.1) is 4.90 Å². The minimum Gasteiger partial charge on any atom is -0.330 e. The van der Waals surface area contributed by atoms with Gasteiger partial charge in [-0.25, -0.2) is 13.4 Å². The number of benzene rings is 1. The minimum absolute atomic E-state index is 0.222. The van der Waals surface area contributed by atoms with Gasteiger partial charge < -0.3 is 5.73 Å². The first-order valence-corrected chi connectivity index (χ1v) is 9.02. The van der Waals surface area contributed by atoms with Crippen molar-refractivity contribution in [2.45, 2.75) is 56.5 Å². The molecule has 1 aromatic rings. The van der Waals surface area contributed by atoms with Crippen molar-refractivity contribution in [2.24, 2.45) is 5.73 Å². The summed E-state index contributed by atoms with van der Waals surface area (Å²) in [6, 6.07) is 7.38. The molecule has 0 radical (unpaired) electrons. The van der Waals surface area contributed by atoms with Gasteiger partial charge in [0.1, 0.15) is 0 Å². The van der Waals surface area contributed by atoms with E-state index in [2.05, 4.69) is 18.7 Å². The van der Waals surface area contributed by atoms with Crippen LogP contribution in [0.25, 0.3) is 0 Å². The Morgan fingerprint density at radius 3 is 2.29 bits per heavy atom. The predicted molar refractivity (Wildman–Crippen MR) is 84.1 cm³/mol. The van der Waals surface area contributed by atoms with E-state index in [-0.39, 0.29) is 12.1 Å². The molecule has 0 aliphatic carbocycles. The van der Waals surface area contributed by atoms with Crippen molar-refractivity contribution in [3.63, 3.8) is 0 Å². The Kier molecular flexibility index (Phi) is 5.37. The maximum absolute atomic E-state index is 12.5. The minimum atomic E-state index is -3.51. The number of piperidine rings is 1. The number of nitrogens with zero attached hydrogens (tertiary/aromatic N) is 1. The molecular formula is C15H25N3O2S. The molecule has 1 fully saturated rings. The molecule has 2 rings (SSSR count). The van der Waals surface area contributed by atoms with Crippen molar-refractivity contribution in [3.05, 3.63) is 29.8 Å². The van der Waals surface area contributed by atoms with Crippen molar-refractivity contribution >= 4 is 10.0 Å². The Labute approximate surface area is 127 Å². The summed E-state index contributed by atoms with van der Waals surface area (Å²) in [5.74, 6) is 0. The van der Waals surface area contributed by atoms with Crippen molar-refractivity contribution in [1.29, 1.82) is 0 Å². The average Bonchev–Trinajstić information content (AvgIpc) is 2.44. The fourth-order valence-corrected chi connectivity index (χ4v) is 4.03. The van der Waals surface area contributed by atoms with E-state index >= 15 is 0 Å². The van der Waals surface area contributed by atoms with Crippen molar-refractivity contribution < 1.29 is 8.42 Å². The van der Waals surface area contributed by atoms with E-state index in [1.165, 1.54) is 0 Å². The van der Waals surface area contributed by atoms with Gasteiger partial charge in [0.2, 0.25) is 0 Å². The van der Waals surface area contributed by atoms with Gasteiger partial charge in [-0.1, -0.05) is 18.6 Å². The van der Waals surface area contributed by atoms with Crippen molar-refractivity contribution in [2.75, 3.05) is 6.54 Å². The molecule has 1 aliphatic heterocycles. The molecule has 6 heteroatoms. The third kappa shape index (κ3) is 4.03. The number of hydrazine groups is 1. The molecule has 0 spiro atoms. The molecule has 1 heterocycles. The monoisotopic (exact) mass is 311 g/mol. The van der Waals surface area contributed by atoms with Crippen LogP contribution in [0.4, 0.5) is 0 Å². The normalized spacial score (nSPS) is 24.1. The topological polar surface area (TPSA) is 75.4 Å². The molecule has 5 nitrogen and oxygen atoms in total. The average molecular weight is 311 g/mol. The number of sulfonamides is 1. The summed E-state index contributed by atoms with van der Waals surface area (Å²) >= 11 is 0. The lowest BCUT2D eigenvalue weighted by Gasteiger charge is -2.38. The van der Waals surface area contributed by atoms with E-state index in [9.17, 15) is 8.42 Å². The zero-order chi connectivity index (χ0) is 15.5. The first-order chi connectivity index (χ1) is 9.94. The van der Waals surface area contributed by atoms with E-state index in [0.29, 0.717) is 11.4 Å². The second-order valence-electron chi connectivity index (χ2n) is 5.81. The van der Waals surface area contributed by atoms with Crippen molar-refractivity contribution in [3.8, 4) is 0 Å². The number of hydrogen-bond donors (Lipinski definition) is 2. The van der Waals surface area contributed by atoms with Crippen LogP contribution in [0.3, 0.4) is 0 Å². The maximum Gasteiger partial charge on any atom is 0.253 e. The van der Waals surface area contributed by atoms with E-state index in [0.717, 1.165) is 31.2 Å². The highest BCUT2D eigenvalue weighted by Crippen LogP contribution is 2.22. The van der Waals surface area contributed by atoms with Gasteiger partial charge in [-0.2, -0.15) is 0 Å². The number of rotatable bonds is 5. The number of hydrogen-bond acceptors (Lipinski definition) is 4. The van der Waals surface area contributed by atoms with Gasteiger partial charge in [0.25, 0.3) is 10.0 Å². The molecule has 0 amide bonds. The van der Waals surface area contributed by atoms with Crippen LogP contribution in [0.1, 0.15) is 38.7 Å². The zero-order valence-electron chi connectivity index (χ0n) is 12.7. The molecule has 0 bridgehead atoms. The molecule has 2 unspecified atom stereocenters. The van der Waals surface area contributed by atoms with Gasteiger partial charge in [-0.3, -0.25) is 0 Å². The molecular weight excluding hydrogens is 286 g/mol. The maximum atomic E-state index is 12.5. The highest BCUT2D eigenvalue weighted by molar-refractivity contribution is 7.89. The van der Waals surface area contributed by atoms with E-state index in [1.807, 2.05) is 17.1 Å². The molecule has 3 N–H and O–H groups in total. The first kappa shape index (κ1) is 16.4. The summed E-state index contributed by atoms with van der Waals surface area (Å²) in [6.07, 6.45) is 3.94. The third-order valence-electron chi connectivity index (χ3n) is 4.09. The van der Waals surface area contributed by atoms with Crippen LogP contribution in [-0.2, 0) is 16.4 Å². The molecule has 1 saturated heterocycles. The fraction of sp³-hybridized carbons (Fsp3) is 0.600.